The summed E-state index contributed by atoms with van der Waals surface area (Å²) in [5, 5.41) is 18.0. The number of hydrogen-bond acceptors (Lipinski definition) is 4. The molecule has 1 aliphatic carbocycles. The number of aliphatic hydroxyl groups excluding tert-OH is 1. The van der Waals surface area contributed by atoms with Gasteiger partial charge in [0, 0.05) is 20.1 Å². The van der Waals surface area contributed by atoms with Crippen molar-refractivity contribution in [2.24, 2.45) is 5.92 Å². The molecule has 0 radical (unpaired) electrons. The fourth-order valence-corrected chi connectivity index (χ4v) is 3.15. The molecule has 0 aliphatic heterocycles. The van der Waals surface area contributed by atoms with Gasteiger partial charge in [0.25, 0.3) is 10.2 Å². The lowest BCUT2D eigenvalue weighted by Gasteiger charge is -2.26. The van der Waals surface area contributed by atoms with Gasteiger partial charge in [-0.1, -0.05) is 6.42 Å². The molecule has 1 fully saturated rings. The molecule has 0 aromatic carbocycles. The van der Waals surface area contributed by atoms with E-state index >= 15 is 0 Å². The van der Waals surface area contributed by atoms with Gasteiger partial charge in [0.05, 0.1) is 12.5 Å². The van der Waals surface area contributed by atoms with E-state index in [4.69, 9.17) is 5.11 Å². The Morgan fingerprint density at radius 2 is 2.11 bits per heavy atom. The first kappa shape index (κ1) is 16.4. The Morgan fingerprint density at radius 3 is 2.68 bits per heavy atom. The van der Waals surface area contributed by atoms with Crippen LogP contribution in [0.15, 0.2) is 0 Å². The van der Waals surface area contributed by atoms with Crippen LogP contribution in [0.5, 0.6) is 0 Å². The highest BCUT2D eigenvalue weighted by atomic mass is 32.2. The van der Waals surface area contributed by atoms with E-state index in [-0.39, 0.29) is 31.5 Å². The van der Waals surface area contributed by atoms with Crippen LogP contribution in [0.1, 0.15) is 32.1 Å². The Labute approximate surface area is 113 Å². The van der Waals surface area contributed by atoms with Crippen molar-refractivity contribution in [1.29, 1.82) is 0 Å². The number of carboxylic acids is 1. The third-order valence-electron chi connectivity index (χ3n) is 3.36. The zero-order valence-electron chi connectivity index (χ0n) is 11.1. The zero-order valence-corrected chi connectivity index (χ0v) is 11.9. The molecule has 2 unspecified atom stereocenters. The Balaban J connectivity index is 2.39. The second-order valence-corrected chi connectivity index (χ2v) is 6.87. The summed E-state index contributed by atoms with van der Waals surface area (Å²) >= 11 is 0. The molecule has 3 N–H and O–H groups in total. The summed E-state index contributed by atoms with van der Waals surface area (Å²) < 4.78 is 27.1. The molecule has 1 aliphatic rings. The number of aliphatic hydroxyl groups is 1. The van der Waals surface area contributed by atoms with Crippen molar-refractivity contribution in [2.75, 3.05) is 20.1 Å². The van der Waals surface area contributed by atoms with Gasteiger partial charge in [0.15, 0.2) is 0 Å². The van der Waals surface area contributed by atoms with Crippen molar-refractivity contribution < 1.29 is 23.4 Å². The van der Waals surface area contributed by atoms with Crippen LogP contribution in [0.2, 0.25) is 0 Å². The van der Waals surface area contributed by atoms with E-state index in [1.807, 2.05) is 0 Å². The Kier molecular flexibility index (Phi) is 6.18. The first-order valence-corrected chi connectivity index (χ1v) is 7.86. The van der Waals surface area contributed by atoms with Gasteiger partial charge >= 0.3 is 5.97 Å². The Hall–Kier alpha value is -0.700. The fourth-order valence-electron chi connectivity index (χ4n) is 2.15. The SMILES string of the molecule is CN(CCC(=O)O)S(=O)(=O)NCC1CCCC(O)C1. The lowest BCUT2D eigenvalue weighted by atomic mass is 9.87. The molecule has 0 aromatic heterocycles. The van der Waals surface area contributed by atoms with Crippen molar-refractivity contribution in [3.05, 3.63) is 0 Å². The van der Waals surface area contributed by atoms with Crippen molar-refractivity contribution in [3.8, 4) is 0 Å². The second-order valence-electron chi connectivity index (χ2n) is 5.01. The van der Waals surface area contributed by atoms with Crippen molar-refractivity contribution >= 4 is 16.2 Å². The van der Waals surface area contributed by atoms with E-state index in [1.165, 1.54) is 7.05 Å². The number of aliphatic carboxylic acids is 1. The quantitative estimate of drug-likeness (QED) is 0.601. The molecule has 112 valence electrons. The van der Waals surface area contributed by atoms with Crippen molar-refractivity contribution in [2.45, 2.75) is 38.2 Å². The van der Waals surface area contributed by atoms with E-state index in [0.717, 1.165) is 23.6 Å². The molecule has 0 saturated heterocycles. The predicted molar refractivity (Wildman–Crippen MR) is 69.8 cm³/mol. The van der Waals surface area contributed by atoms with Crippen LogP contribution in [0.4, 0.5) is 0 Å². The van der Waals surface area contributed by atoms with Crippen LogP contribution in [0, 0.1) is 5.92 Å². The van der Waals surface area contributed by atoms with E-state index in [0.29, 0.717) is 6.42 Å². The maximum atomic E-state index is 11.8. The molecular weight excluding hydrogens is 272 g/mol. The average Bonchev–Trinajstić information content (AvgIpc) is 2.33. The standard InChI is InChI=1S/C11H22N2O5S/c1-13(6-5-11(15)16)19(17,18)12-8-9-3-2-4-10(14)7-9/h9-10,12,14H,2-8H2,1H3,(H,15,16). The highest BCUT2D eigenvalue weighted by Crippen LogP contribution is 2.23. The minimum Gasteiger partial charge on any atom is -0.481 e. The van der Waals surface area contributed by atoms with E-state index in [2.05, 4.69) is 4.72 Å². The van der Waals surface area contributed by atoms with Gasteiger partial charge in [0.1, 0.15) is 0 Å². The molecule has 1 saturated carbocycles. The molecule has 19 heavy (non-hydrogen) atoms. The van der Waals surface area contributed by atoms with Crippen LogP contribution >= 0.6 is 0 Å². The number of carbonyl (C=O) groups is 1. The average molecular weight is 294 g/mol. The van der Waals surface area contributed by atoms with Gasteiger partial charge in [0.2, 0.25) is 0 Å². The first-order valence-electron chi connectivity index (χ1n) is 6.42. The molecule has 0 bridgehead atoms. The normalized spacial score (nSPS) is 24.6. The summed E-state index contributed by atoms with van der Waals surface area (Å²) in [4.78, 5) is 10.4. The number of hydrogen-bond donors (Lipinski definition) is 3. The van der Waals surface area contributed by atoms with Crippen molar-refractivity contribution in [1.82, 2.24) is 9.03 Å². The molecule has 0 heterocycles. The monoisotopic (exact) mass is 294 g/mol. The Morgan fingerprint density at radius 1 is 1.42 bits per heavy atom. The molecule has 0 spiro atoms. The van der Waals surface area contributed by atoms with Crippen LogP contribution in [0.25, 0.3) is 0 Å². The third-order valence-corrected chi connectivity index (χ3v) is 4.90. The lowest BCUT2D eigenvalue weighted by Crippen LogP contribution is -2.42. The summed E-state index contributed by atoms with van der Waals surface area (Å²) in [6, 6.07) is 0. The molecule has 0 amide bonds. The summed E-state index contributed by atoms with van der Waals surface area (Å²) in [6.07, 6.45) is 2.64. The smallest absolute Gasteiger partial charge is 0.304 e. The van der Waals surface area contributed by atoms with Crippen LogP contribution in [-0.4, -0.2) is 55.1 Å². The first-order chi connectivity index (χ1) is 8.81. The maximum absolute atomic E-state index is 11.8. The van der Waals surface area contributed by atoms with Gasteiger partial charge in [-0.05, 0) is 25.2 Å². The van der Waals surface area contributed by atoms with Gasteiger partial charge in [-0.3, -0.25) is 4.79 Å². The molecular formula is C11H22N2O5S. The van der Waals surface area contributed by atoms with Gasteiger partial charge in [-0.15, -0.1) is 0 Å². The molecule has 0 aromatic rings. The summed E-state index contributed by atoms with van der Waals surface area (Å²) in [5.74, 6) is -0.885. The van der Waals surface area contributed by atoms with Crippen LogP contribution in [0.3, 0.4) is 0 Å². The van der Waals surface area contributed by atoms with Gasteiger partial charge in [-0.25, -0.2) is 4.72 Å². The largest absolute Gasteiger partial charge is 0.481 e. The summed E-state index contributed by atoms with van der Waals surface area (Å²) in [7, 11) is -2.29. The molecule has 1 rings (SSSR count). The number of nitrogens with zero attached hydrogens (tertiary/aromatic N) is 1. The molecule has 8 heteroatoms. The lowest BCUT2D eigenvalue weighted by molar-refractivity contribution is -0.137. The fraction of sp³-hybridized carbons (Fsp3) is 0.909. The third kappa shape index (κ3) is 5.85. The van der Waals surface area contributed by atoms with Crippen LogP contribution in [-0.2, 0) is 15.0 Å². The van der Waals surface area contributed by atoms with Gasteiger partial charge < -0.3 is 10.2 Å². The number of carboxylic acid groups (broad SMARTS) is 1. The Bertz CT molecular complexity index is 398. The van der Waals surface area contributed by atoms with E-state index in [1.54, 1.807) is 0 Å². The van der Waals surface area contributed by atoms with Crippen molar-refractivity contribution in [3.63, 3.8) is 0 Å². The summed E-state index contributed by atoms with van der Waals surface area (Å²) in [5.41, 5.74) is 0. The predicted octanol–water partition coefficient (Wildman–Crippen LogP) is -0.222. The highest BCUT2D eigenvalue weighted by molar-refractivity contribution is 7.87. The summed E-state index contributed by atoms with van der Waals surface area (Å²) in [6.45, 7) is 0.231. The number of nitrogens with one attached hydrogen (secondary N) is 1. The molecule has 2 atom stereocenters. The zero-order chi connectivity index (χ0) is 14.5. The topological polar surface area (TPSA) is 107 Å². The second kappa shape index (κ2) is 7.18. The minimum atomic E-state index is -3.63. The maximum Gasteiger partial charge on any atom is 0.304 e. The molecule has 7 nitrogen and oxygen atoms in total. The van der Waals surface area contributed by atoms with E-state index < -0.39 is 16.2 Å². The highest BCUT2D eigenvalue weighted by Gasteiger charge is 2.23. The number of rotatable bonds is 7. The minimum absolute atomic E-state index is 0.0576. The van der Waals surface area contributed by atoms with E-state index in [9.17, 15) is 18.3 Å². The van der Waals surface area contributed by atoms with Gasteiger partial charge in [-0.2, -0.15) is 12.7 Å². The van der Waals surface area contributed by atoms with Crippen LogP contribution < -0.4 is 4.72 Å².